The molecule has 0 aliphatic carbocycles. The maximum atomic E-state index is 12.6. The molecule has 1 saturated heterocycles. The molecule has 1 aromatic carbocycles. The van der Waals surface area contributed by atoms with E-state index in [0.29, 0.717) is 13.1 Å². The highest BCUT2D eigenvalue weighted by molar-refractivity contribution is 5.97. The number of nitrogens with one attached hydrogen (secondary N) is 1. The van der Waals surface area contributed by atoms with E-state index in [1.54, 1.807) is 17.0 Å². The number of benzene rings is 1. The van der Waals surface area contributed by atoms with E-state index in [1.807, 2.05) is 13.8 Å². The molecule has 1 aliphatic rings. The molecule has 1 N–H and O–H groups in total. The van der Waals surface area contributed by atoms with Crippen LogP contribution in [0.15, 0.2) is 24.3 Å². The number of hydrogen-bond donors (Lipinski definition) is 1. The van der Waals surface area contributed by atoms with Gasteiger partial charge in [-0.3, -0.25) is 4.79 Å². The van der Waals surface area contributed by atoms with Gasteiger partial charge in [0.15, 0.2) is 0 Å². The third-order valence-electron chi connectivity index (χ3n) is 3.40. The smallest absolute Gasteiger partial charge is 0.387 e. The number of carbonyl (C=O) groups excluding carboxylic acids is 1. The van der Waals surface area contributed by atoms with Crippen molar-refractivity contribution in [1.29, 1.82) is 0 Å². The Bertz CT molecular complexity index is 472. The molecule has 4 nitrogen and oxygen atoms in total. The first-order chi connectivity index (χ1) is 9.50. The van der Waals surface area contributed by atoms with E-state index in [-0.39, 0.29) is 29.3 Å². The van der Waals surface area contributed by atoms with Crippen molar-refractivity contribution in [3.63, 3.8) is 0 Å². The summed E-state index contributed by atoms with van der Waals surface area (Å²) < 4.78 is 29.2. The van der Waals surface area contributed by atoms with E-state index in [9.17, 15) is 13.6 Å². The number of para-hydroxylation sites is 1. The van der Waals surface area contributed by atoms with Crippen molar-refractivity contribution in [1.82, 2.24) is 10.2 Å². The van der Waals surface area contributed by atoms with E-state index in [1.165, 1.54) is 12.1 Å². The Morgan fingerprint density at radius 1 is 1.30 bits per heavy atom. The van der Waals surface area contributed by atoms with Crippen LogP contribution in [0.2, 0.25) is 0 Å². The largest absolute Gasteiger partial charge is 0.434 e. The van der Waals surface area contributed by atoms with Crippen LogP contribution in [0.1, 0.15) is 24.2 Å². The third-order valence-corrected chi connectivity index (χ3v) is 3.40. The summed E-state index contributed by atoms with van der Waals surface area (Å²) >= 11 is 0. The van der Waals surface area contributed by atoms with Crippen LogP contribution in [-0.2, 0) is 0 Å². The van der Waals surface area contributed by atoms with Crippen LogP contribution >= 0.6 is 0 Å². The maximum absolute atomic E-state index is 12.6. The van der Waals surface area contributed by atoms with Crippen molar-refractivity contribution < 1.29 is 18.3 Å². The Morgan fingerprint density at radius 3 is 2.50 bits per heavy atom. The lowest BCUT2D eigenvalue weighted by molar-refractivity contribution is -0.0503. The standard InChI is InChI=1S/C14H18F2N2O2/c1-9-7-17-8-10(2)18(9)13(19)11-5-3-4-6-12(11)20-14(15)16/h3-6,9-10,14,17H,7-8H2,1-2H3. The van der Waals surface area contributed by atoms with Gasteiger partial charge >= 0.3 is 6.61 Å². The molecule has 110 valence electrons. The van der Waals surface area contributed by atoms with Gasteiger partial charge in [0.1, 0.15) is 5.75 Å². The zero-order chi connectivity index (χ0) is 14.7. The van der Waals surface area contributed by atoms with Gasteiger partial charge in [-0.15, -0.1) is 0 Å². The van der Waals surface area contributed by atoms with Crippen LogP contribution in [0.5, 0.6) is 5.75 Å². The fourth-order valence-corrected chi connectivity index (χ4v) is 2.51. The predicted octanol–water partition coefficient (Wildman–Crippen LogP) is 2.11. The van der Waals surface area contributed by atoms with Crippen molar-refractivity contribution in [3.8, 4) is 5.75 Å². The molecule has 2 unspecified atom stereocenters. The van der Waals surface area contributed by atoms with Gasteiger partial charge in [0.2, 0.25) is 0 Å². The van der Waals surface area contributed by atoms with Crippen molar-refractivity contribution in [2.24, 2.45) is 0 Å². The molecule has 0 radical (unpaired) electrons. The Balaban J connectivity index is 2.28. The van der Waals surface area contributed by atoms with Crippen molar-refractivity contribution in [3.05, 3.63) is 29.8 Å². The number of carbonyl (C=O) groups is 1. The highest BCUT2D eigenvalue weighted by Gasteiger charge is 2.31. The SMILES string of the molecule is CC1CNCC(C)N1C(=O)c1ccccc1OC(F)F. The van der Waals surface area contributed by atoms with E-state index in [2.05, 4.69) is 10.1 Å². The molecule has 1 heterocycles. The van der Waals surface area contributed by atoms with Gasteiger partial charge in [0, 0.05) is 25.2 Å². The van der Waals surface area contributed by atoms with Crippen LogP contribution in [0.3, 0.4) is 0 Å². The van der Waals surface area contributed by atoms with Gasteiger partial charge in [0.25, 0.3) is 5.91 Å². The number of ether oxygens (including phenoxy) is 1. The molecule has 2 rings (SSSR count). The number of rotatable bonds is 3. The Morgan fingerprint density at radius 2 is 1.90 bits per heavy atom. The monoisotopic (exact) mass is 284 g/mol. The lowest BCUT2D eigenvalue weighted by Gasteiger charge is -2.39. The summed E-state index contributed by atoms with van der Waals surface area (Å²) in [5.41, 5.74) is 0.174. The highest BCUT2D eigenvalue weighted by Crippen LogP contribution is 2.24. The van der Waals surface area contributed by atoms with E-state index < -0.39 is 6.61 Å². The number of nitrogens with zero attached hydrogens (tertiary/aromatic N) is 1. The minimum atomic E-state index is -2.94. The molecule has 0 saturated carbocycles. The van der Waals surface area contributed by atoms with Crippen LogP contribution < -0.4 is 10.1 Å². The van der Waals surface area contributed by atoms with Gasteiger partial charge in [-0.05, 0) is 26.0 Å². The fraction of sp³-hybridized carbons (Fsp3) is 0.500. The lowest BCUT2D eigenvalue weighted by atomic mass is 10.1. The quantitative estimate of drug-likeness (QED) is 0.924. The summed E-state index contributed by atoms with van der Waals surface area (Å²) in [4.78, 5) is 14.3. The van der Waals surface area contributed by atoms with Gasteiger partial charge < -0.3 is 15.0 Å². The molecule has 1 fully saturated rings. The minimum Gasteiger partial charge on any atom is -0.434 e. The molecule has 0 bridgehead atoms. The molecular weight excluding hydrogens is 266 g/mol. The topological polar surface area (TPSA) is 41.6 Å². The first-order valence-electron chi connectivity index (χ1n) is 6.58. The molecule has 1 aromatic rings. The number of amides is 1. The maximum Gasteiger partial charge on any atom is 0.387 e. The lowest BCUT2D eigenvalue weighted by Crippen LogP contribution is -2.57. The van der Waals surface area contributed by atoms with Gasteiger partial charge in [-0.1, -0.05) is 12.1 Å². The zero-order valence-electron chi connectivity index (χ0n) is 11.5. The number of piperazine rings is 1. The second-order valence-electron chi connectivity index (χ2n) is 4.94. The average molecular weight is 284 g/mol. The molecule has 1 aliphatic heterocycles. The second kappa shape index (κ2) is 6.17. The predicted molar refractivity (Wildman–Crippen MR) is 71.0 cm³/mol. The van der Waals surface area contributed by atoms with Gasteiger partial charge in [-0.2, -0.15) is 8.78 Å². The van der Waals surface area contributed by atoms with E-state index in [4.69, 9.17) is 0 Å². The van der Waals surface area contributed by atoms with Crippen LogP contribution in [0, 0.1) is 0 Å². The van der Waals surface area contributed by atoms with Crippen molar-refractivity contribution in [2.75, 3.05) is 13.1 Å². The molecule has 6 heteroatoms. The van der Waals surface area contributed by atoms with Crippen LogP contribution in [0.25, 0.3) is 0 Å². The van der Waals surface area contributed by atoms with Crippen molar-refractivity contribution in [2.45, 2.75) is 32.5 Å². The molecule has 20 heavy (non-hydrogen) atoms. The fourth-order valence-electron chi connectivity index (χ4n) is 2.51. The van der Waals surface area contributed by atoms with Gasteiger partial charge in [0.05, 0.1) is 5.56 Å². The van der Waals surface area contributed by atoms with Crippen LogP contribution in [0.4, 0.5) is 8.78 Å². The summed E-state index contributed by atoms with van der Waals surface area (Å²) in [7, 11) is 0. The van der Waals surface area contributed by atoms with Crippen LogP contribution in [-0.4, -0.2) is 42.6 Å². The summed E-state index contributed by atoms with van der Waals surface area (Å²) in [6.45, 7) is 2.29. The average Bonchev–Trinajstić information content (AvgIpc) is 2.38. The Labute approximate surface area is 116 Å². The number of hydrogen-bond acceptors (Lipinski definition) is 3. The van der Waals surface area contributed by atoms with Gasteiger partial charge in [-0.25, -0.2) is 0 Å². The Kier molecular flexibility index (Phi) is 4.54. The molecule has 0 spiro atoms. The third kappa shape index (κ3) is 3.07. The second-order valence-corrected chi connectivity index (χ2v) is 4.94. The summed E-state index contributed by atoms with van der Waals surface area (Å²) in [5, 5.41) is 3.22. The number of alkyl halides is 2. The molecule has 1 amide bonds. The zero-order valence-corrected chi connectivity index (χ0v) is 11.5. The first kappa shape index (κ1) is 14.7. The summed E-state index contributed by atoms with van der Waals surface area (Å²) in [6.07, 6.45) is 0. The summed E-state index contributed by atoms with van der Waals surface area (Å²) in [5.74, 6) is -0.354. The molecule has 2 atom stereocenters. The first-order valence-corrected chi connectivity index (χ1v) is 6.58. The highest BCUT2D eigenvalue weighted by atomic mass is 19.3. The molecular formula is C14H18F2N2O2. The minimum absolute atomic E-state index is 0.00542. The Hall–Kier alpha value is -1.69. The summed E-state index contributed by atoms with van der Waals surface area (Å²) in [6, 6.07) is 6.12. The van der Waals surface area contributed by atoms with Crippen molar-refractivity contribution >= 4 is 5.91 Å². The number of halogens is 2. The normalized spacial score (nSPS) is 22.9. The van der Waals surface area contributed by atoms with E-state index >= 15 is 0 Å². The molecule has 0 aromatic heterocycles. The van der Waals surface area contributed by atoms with E-state index in [0.717, 1.165) is 0 Å².